The van der Waals surface area contributed by atoms with E-state index in [2.05, 4.69) is 0 Å². The van der Waals surface area contributed by atoms with Crippen LogP contribution >= 0.6 is 0 Å². The number of benzene rings is 1. The third kappa shape index (κ3) is 1.52. The first-order chi connectivity index (χ1) is 6.48. The number of hydrogen-bond donors (Lipinski definition) is 0. The largest absolute Gasteiger partial charge is 0.487 e. The van der Waals surface area contributed by atoms with E-state index in [-0.39, 0.29) is 11.4 Å². The van der Waals surface area contributed by atoms with Crippen LogP contribution in [0.25, 0.3) is 0 Å². The Kier molecular flexibility index (Phi) is 1.88. The topological polar surface area (TPSA) is 26.3 Å². The van der Waals surface area contributed by atoms with Crippen molar-refractivity contribution in [2.24, 2.45) is 0 Å². The van der Waals surface area contributed by atoms with Gasteiger partial charge in [0, 0.05) is 0 Å². The molecule has 0 spiro atoms. The van der Waals surface area contributed by atoms with Crippen molar-refractivity contribution in [3.05, 3.63) is 29.3 Å². The maximum absolute atomic E-state index is 11.8. The first-order valence-corrected chi connectivity index (χ1v) is 4.81. The molecule has 0 saturated heterocycles. The maximum Gasteiger partial charge on any atom is 0.170 e. The fraction of sp³-hybridized carbons (Fsp3) is 0.417. The lowest BCUT2D eigenvalue weighted by Crippen LogP contribution is -2.35. The standard InChI is InChI=1S/C12H14O2/c1-8-4-5-11-9(6-8)10(13)7-12(2,3)14-11/h4-6H,7H2,1-3H3. The van der Waals surface area contributed by atoms with E-state index in [4.69, 9.17) is 4.74 Å². The summed E-state index contributed by atoms with van der Waals surface area (Å²) < 4.78 is 5.72. The van der Waals surface area contributed by atoms with E-state index < -0.39 is 0 Å². The highest BCUT2D eigenvalue weighted by Crippen LogP contribution is 2.33. The third-order valence-electron chi connectivity index (χ3n) is 2.41. The van der Waals surface area contributed by atoms with Gasteiger partial charge in [-0.15, -0.1) is 0 Å². The molecule has 1 aliphatic rings. The van der Waals surface area contributed by atoms with Gasteiger partial charge in [-0.1, -0.05) is 11.6 Å². The second-order valence-electron chi connectivity index (χ2n) is 4.46. The highest BCUT2D eigenvalue weighted by atomic mass is 16.5. The Hall–Kier alpha value is -1.31. The second-order valence-corrected chi connectivity index (χ2v) is 4.46. The monoisotopic (exact) mass is 190 g/mol. The first-order valence-electron chi connectivity index (χ1n) is 4.81. The van der Waals surface area contributed by atoms with E-state index in [1.807, 2.05) is 39.0 Å². The van der Waals surface area contributed by atoms with E-state index in [0.717, 1.165) is 16.9 Å². The molecule has 0 radical (unpaired) electrons. The highest BCUT2D eigenvalue weighted by molar-refractivity contribution is 6.00. The van der Waals surface area contributed by atoms with Crippen LogP contribution in [0.4, 0.5) is 0 Å². The lowest BCUT2D eigenvalue weighted by molar-refractivity contribution is 0.0620. The first kappa shape index (κ1) is 9.25. The fourth-order valence-electron chi connectivity index (χ4n) is 1.77. The molecule has 0 saturated carbocycles. The molecule has 2 rings (SSSR count). The molecule has 0 N–H and O–H groups in total. The highest BCUT2D eigenvalue weighted by Gasteiger charge is 2.32. The van der Waals surface area contributed by atoms with Crippen molar-refractivity contribution < 1.29 is 9.53 Å². The fourth-order valence-corrected chi connectivity index (χ4v) is 1.77. The van der Waals surface area contributed by atoms with Gasteiger partial charge >= 0.3 is 0 Å². The van der Waals surface area contributed by atoms with Crippen LogP contribution in [-0.4, -0.2) is 11.4 Å². The maximum atomic E-state index is 11.8. The summed E-state index contributed by atoms with van der Waals surface area (Å²) in [6, 6.07) is 5.74. The molecule has 1 aliphatic heterocycles. The Bertz CT molecular complexity index is 391. The summed E-state index contributed by atoms with van der Waals surface area (Å²) in [6.45, 7) is 5.86. The number of hydrogen-bond acceptors (Lipinski definition) is 2. The van der Waals surface area contributed by atoms with E-state index in [1.54, 1.807) is 0 Å². The number of carbonyl (C=O) groups excluding carboxylic acids is 1. The lowest BCUT2D eigenvalue weighted by Gasteiger charge is -2.31. The van der Waals surface area contributed by atoms with Crippen LogP contribution in [-0.2, 0) is 0 Å². The van der Waals surface area contributed by atoms with Gasteiger partial charge in [0.2, 0.25) is 0 Å². The van der Waals surface area contributed by atoms with Crippen LogP contribution in [0.3, 0.4) is 0 Å². The zero-order valence-electron chi connectivity index (χ0n) is 8.76. The van der Waals surface area contributed by atoms with Crippen LogP contribution in [0.5, 0.6) is 5.75 Å². The molecule has 14 heavy (non-hydrogen) atoms. The molecule has 2 heteroatoms. The predicted molar refractivity (Wildman–Crippen MR) is 54.8 cm³/mol. The van der Waals surface area contributed by atoms with Crippen molar-refractivity contribution in [1.82, 2.24) is 0 Å². The molecule has 1 heterocycles. The van der Waals surface area contributed by atoms with Crippen LogP contribution < -0.4 is 4.74 Å². The van der Waals surface area contributed by atoms with Crippen molar-refractivity contribution in [3.63, 3.8) is 0 Å². The molecule has 0 atom stereocenters. The Morgan fingerprint density at radius 2 is 2.07 bits per heavy atom. The summed E-state index contributed by atoms with van der Waals surface area (Å²) in [5.41, 5.74) is 1.46. The van der Waals surface area contributed by atoms with Gasteiger partial charge in [0.25, 0.3) is 0 Å². The molecular formula is C12H14O2. The Morgan fingerprint density at radius 3 is 2.79 bits per heavy atom. The molecule has 0 aliphatic carbocycles. The van der Waals surface area contributed by atoms with Gasteiger partial charge < -0.3 is 4.74 Å². The SMILES string of the molecule is Cc1ccc2c(c1)C(=O)CC(C)(C)O2. The summed E-state index contributed by atoms with van der Waals surface area (Å²) in [4.78, 5) is 11.8. The molecule has 0 bridgehead atoms. The Morgan fingerprint density at radius 1 is 1.36 bits per heavy atom. The minimum Gasteiger partial charge on any atom is -0.487 e. The molecule has 0 aromatic heterocycles. The summed E-state index contributed by atoms with van der Waals surface area (Å²) in [5, 5.41) is 0. The van der Waals surface area contributed by atoms with Gasteiger partial charge in [0.05, 0.1) is 12.0 Å². The minimum atomic E-state index is -0.362. The molecule has 0 fully saturated rings. The van der Waals surface area contributed by atoms with Crippen molar-refractivity contribution >= 4 is 5.78 Å². The summed E-state index contributed by atoms with van der Waals surface area (Å²) in [5.74, 6) is 0.900. The minimum absolute atomic E-state index is 0.181. The summed E-state index contributed by atoms with van der Waals surface area (Å²) >= 11 is 0. The molecule has 1 aromatic carbocycles. The molecule has 2 nitrogen and oxygen atoms in total. The third-order valence-corrected chi connectivity index (χ3v) is 2.41. The second kappa shape index (κ2) is 2.84. The van der Waals surface area contributed by atoms with E-state index >= 15 is 0 Å². The number of ether oxygens (including phenoxy) is 1. The quantitative estimate of drug-likeness (QED) is 0.628. The average Bonchev–Trinajstić information content (AvgIpc) is 2.05. The van der Waals surface area contributed by atoms with Gasteiger partial charge in [0.1, 0.15) is 11.4 Å². The zero-order valence-corrected chi connectivity index (χ0v) is 8.76. The van der Waals surface area contributed by atoms with E-state index in [0.29, 0.717) is 6.42 Å². The number of carbonyl (C=O) groups is 1. The van der Waals surface area contributed by atoms with Crippen LogP contribution in [0, 0.1) is 6.92 Å². The van der Waals surface area contributed by atoms with E-state index in [9.17, 15) is 4.79 Å². The summed E-state index contributed by atoms with van der Waals surface area (Å²) in [7, 11) is 0. The van der Waals surface area contributed by atoms with Crippen molar-refractivity contribution in [3.8, 4) is 5.75 Å². The predicted octanol–water partition coefficient (Wildman–Crippen LogP) is 2.74. The number of fused-ring (bicyclic) bond motifs is 1. The van der Waals surface area contributed by atoms with Crippen molar-refractivity contribution in [2.45, 2.75) is 32.8 Å². The van der Waals surface area contributed by atoms with Gasteiger partial charge in [-0.2, -0.15) is 0 Å². The Balaban J connectivity index is 2.50. The number of aryl methyl sites for hydroxylation is 1. The molecule has 74 valence electrons. The normalized spacial score (nSPS) is 18.6. The zero-order chi connectivity index (χ0) is 10.3. The van der Waals surface area contributed by atoms with Crippen molar-refractivity contribution in [1.29, 1.82) is 0 Å². The van der Waals surface area contributed by atoms with Crippen LogP contribution in [0.1, 0.15) is 36.2 Å². The number of rotatable bonds is 0. The van der Waals surface area contributed by atoms with Crippen LogP contribution in [0.15, 0.2) is 18.2 Å². The van der Waals surface area contributed by atoms with Gasteiger partial charge in [0.15, 0.2) is 5.78 Å². The van der Waals surface area contributed by atoms with Gasteiger partial charge in [-0.3, -0.25) is 4.79 Å². The summed E-state index contributed by atoms with van der Waals surface area (Å²) in [6.07, 6.45) is 0.462. The lowest BCUT2D eigenvalue weighted by atomic mass is 9.92. The molecule has 0 unspecified atom stereocenters. The molecule has 0 amide bonds. The van der Waals surface area contributed by atoms with Crippen LogP contribution in [0.2, 0.25) is 0 Å². The van der Waals surface area contributed by atoms with Gasteiger partial charge in [-0.05, 0) is 32.9 Å². The molecular weight excluding hydrogens is 176 g/mol. The van der Waals surface area contributed by atoms with E-state index in [1.165, 1.54) is 0 Å². The molecule has 1 aromatic rings. The number of Topliss-reactive ketones (excluding diaryl/α,β-unsaturated/α-hetero) is 1. The Labute approximate surface area is 83.9 Å². The van der Waals surface area contributed by atoms with Gasteiger partial charge in [-0.25, -0.2) is 0 Å². The average molecular weight is 190 g/mol. The van der Waals surface area contributed by atoms with Crippen molar-refractivity contribution in [2.75, 3.05) is 0 Å². The smallest absolute Gasteiger partial charge is 0.170 e. The number of ketones is 1.